The number of nitrogens with zero attached hydrogens (tertiary/aromatic N) is 4. The van der Waals surface area contributed by atoms with Crippen LogP contribution in [0.25, 0.3) is 16.9 Å². The minimum absolute atomic E-state index is 0.423. The predicted molar refractivity (Wildman–Crippen MR) is 69.0 cm³/mol. The van der Waals surface area contributed by atoms with E-state index >= 15 is 0 Å². The van der Waals surface area contributed by atoms with Gasteiger partial charge in [-0.05, 0) is 18.2 Å². The van der Waals surface area contributed by atoms with Crippen LogP contribution >= 0.6 is 0 Å². The van der Waals surface area contributed by atoms with Crippen molar-refractivity contribution in [3.8, 4) is 16.9 Å². The van der Waals surface area contributed by atoms with Crippen LogP contribution in [0.5, 0.6) is 0 Å². The molecule has 0 atom stereocenters. The van der Waals surface area contributed by atoms with Crippen molar-refractivity contribution < 1.29 is 0 Å². The van der Waals surface area contributed by atoms with Crippen LogP contribution < -0.4 is 5.73 Å². The summed E-state index contributed by atoms with van der Waals surface area (Å²) in [5, 5.41) is 4.17. The molecule has 3 rings (SSSR count). The normalized spacial score (nSPS) is 10.4. The molecule has 2 heterocycles. The average molecular weight is 237 g/mol. The van der Waals surface area contributed by atoms with Crippen LogP contribution in [0, 0.1) is 0 Å². The highest BCUT2D eigenvalue weighted by molar-refractivity contribution is 5.60. The maximum atomic E-state index is 5.51. The Morgan fingerprint density at radius 1 is 1.00 bits per heavy atom. The molecule has 0 saturated heterocycles. The van der Waals surface area contributed by atoms with E-state index in [4.69, 9.17) is 5.73 Å². The Bertz CT molecular complexity index is 626. The highest BCUT2D eigenvalue weighted by Gasteiger charge is 2.01. The van der Waals surface area contributed by atoms with Gasteiger partial charge in [-0.25, -0.2) is 9.67 Å². The van der Waals surface area contributed by atoms with Crippen LogP contribution in [0.4, 0.5) is 5.82 Å². The van der Waals surface area contributed by atoms with Crippen LogP contribution in [0.15, 0.2) is 55.1 Å². The summed E-state index contributed by atoms with van der Waals surface area (Å²) >= 11 is 0. The van der Waals surface area contributed by atoms with Gasteiger partial charge in [-0.3, -0.25) is 4.98 Å². The number of hydrogen-bond acceptors (Lipinski definition) is 4. The highest BCUT2D eigenvalue weighted by Crippen LogP contribution is 2.18. The molecular weight excluding hydrogens is 226 g/mol. The molecule has 0 saturated carbocycles. The van der Waals surface area contributed by atoms with Gasteiger partial charge >= 0.3 is 0 Å². The topological polar surface area (TPSA) is 69.6 Å². The van der Waals surface area contributed by atoms with Crippen molar-refractivity contribution in [2.24, 2.45) is 0 Å². The second kappa shape index (κ2) is 4.29. The average Bonchev–Trinajstić information content (AvgIpc) is 2.94. The molecule has 3 aromatic rings. The minimum Gasteiger partial charge on any atom is -0.382 e. The molecule has 0 unspecified atom stereocenters. The first-order chi connectivity index (χ1) is 8.83. The van der Waals surface area contributed by atoms with E-state index in [0.717, 1.165) is 16.9 Å². The van der Waals surface area contributed by atoms with Gasteiger partial charge in [0.15, 0.2) is 0 Å². The molecular formula is C13H11N5. The van der Waals surface area contributed by atoms with E-state index in [1.807, 2.05) is 36.5 Å². The molecule has 0 amide bonds. The molecule has 0 aliphatic heterocycles. The molecule has 1 aromatic carbocycles. The number of anilines is 1. The lowest BCUT2D eigenvalue weighted by molar-refractivity contribution is 0.881. The predicted octanol–water partition coefficient (Wildman–Crippen LogP) is 1.91. The van der Waals surface area contributed by atoms with Crippen LogP contribution in [0.1, 0.15) is 0 Å². The van der Waals surface area contributed by atoms with Gasteiger partial charge in [-0.2, -0.15) is 5.10 Å². The molecule has 0 radical (unpaired) electrons. The Hall–Kier alpha value is -2.69. The van der Waals surface area contributed by atoms with Gasteiger partial charge in [0, 0.05) is 18.0 Å². The minimum atomic E-state index is 0.423. The Morgan fingerprint density at radius 3 is 2.44 bits per heavy atom. The quantitative estimate of drug-likeness (QED) is 0.739. The molecule has 0 bridgehead atoms. The van der Waals surface area contributed by atoms with E-state index in [2.05, 4.69) is 15.1 Å². The summed E-state index contributed by atoms with van der Waals surface area (Å²) in [6.45, 7) is 0. The van der Waals surface area contributed by atoms with E-state index in [1.165, 1.54) is 0 Å². The van der Waals surface area contributed by atoms with Gasteiger partial charge < -0.3 is 5.73 Å². The smallest absolute Gasteiger partial charge is 0.141 e. The van der Waals surface area contributed by atoms with Crippen molar-refractivity contribution >= 4 is 5.82 Å². The van der Waals surface area contributed by atoms with Crippen LogP contribution in [-0.2, 0) is 0 Å². The second-order valence-corrected chi connectivity index (χ2v) is 3.82. The Kier molecular flexibility index (Phi) is 2.49. The van der Waals surface area contributed by atoms with Crippen LogP contribution in [0.2, 0.25) is 0 Å². The number of nitrogen functional groups attached to an aromatic ring is 1. The summed E-state index contributed by atoms with van der Waals surface area (Å²) in [7, 11) is 0. The first-order valence-corrected chi connectivity index (χ1v) is 5.51. The Balaban J connectivity index is 1.94. The Morgan fingerprint density at radius 2 is 1.83 bits per heavy atom. The number of rotatable bonds is 2. The van der Waals surface area contributed by atoms with Crippen molar-refractivity contribution in [3.63, 3.8) is 0 Å². The molecule has 0 aliphatic carbocycles. The van der Waals surface area contributed by atoms with Crippen LogP contribution in [0.3, 0.4) is 0 Å². The summed E-state index contributed by atoms with van der Waals surface area (Å²) in [4.78, 5) is 8.26. The summed E-state index contributed by atoms with van der Waals surface area (Å²) in [5.74, 6) is 0.423. The molecule has 0 fully saturated rings. The number of hydrogen-bond donors (Lipinski definition) is 1. The zero-order valence-corrected chi connectivity index (χ0v) is 9.56. The van der Waals surface area contributed by atoms with Crippen molar-refractivity contribution in [1.29, 1.82) is 0 Å². The molecule has 2 aromatic heterocycles. The fourth-order valence-electron chi connectivity index (χ4n) is 1.69. The third kappa shape index (κ3) is 1.93. The summed E-state index contributed by atoms with van der Waals surface area (Å²) in [5.41, 5.74) is 8.32. The van der Waals surface area contributed by atoms with Crippen molar-refractivity contribution in [2.75, 3.05) is 5.73 Å². The van der Waals surface area contributed by atoms with Gasteiger partial charge in [-0.1, -0.05) is 12.1 Å². The van der Waals surface area contributed by atoms with E-state index < -0.39 is 0 Å². The van der Waals surface area contributed by atoms with Gasteiger partial charge in [0.05, 0.1) is 23.8 Å². The molecule has 5 heteroatoms. The first-order valence-electron chi connectivity index (χ1n) is 5.51. The number of aromatic nitrogens is 4. The van der Waals surface area contributed by atoms with Gasteiger partial charge in [0.25, 0.3) is 0 Å². The fourth-order valence-corrected chi connectivity index (χ4v) is 1.69. The molecule has 88 valence electrons. The summed E-state index contributed by atoms with van der Waals surface area (Å²) in [6, 6.07) is 9.83. The zero-order valence-electron chi connectivity index (χ0n) is 9.56. The van der Waals surface area contributed by atoms with E-state index in [0.29, 0.717) is 5.82 Å². The lowest BCUT2D eigenvalue weighted by Crippen LogP contribution is -1.95. The number of benzene rings is 1. The van der Waals surface area contributed by atoms with Crippen LogP contribution in [-0.4, -0.2) is 19.7 Å². The lowest BCUT2D eigenvalue weighted by Gasteiger charge is -2.04. The SMILES string of the molecule is Nc1cnc(-c2ccc(-n3cccn3)cc2)cn1. The van der Waals surface area contributed by atoms with Crippen molar-refractivity contribution in [1.82, 2.24) is 19.7 Å². The second-order valence-electron chi connectivity index (χ2n) is 3.82. The molecule has 0 spiro atoms. The third-order valence-corrected chi connectivity index (χ3v) is 2.60. The largest absolute Gasteiger partial charge is 0.382 e. The van der Waals surface area contributed by atoms with E-state index in [9.17, 15) is 0 Å². The van der Waals surface area contributed by atoms with E-state index in [1.54, 1.807) is 23.3 Å². The maximum absolute atomic E-state index is 5.51. The summed E-state index contributed by atoms with van der Waals surface area (Å²) < 4.78 is 1.80. The molecule has 2 N–H and O–H groups in total. The standard InChI is InChI=1S/C13H11N5/c14-13-9-15-12(8-16-13)10-2-4-11(5-3-10)18-7-1-6-17-18/h1-9H,(H2,14,16). The zero-order chi connectivity index (χ0) is 12.4. The van der Waals surface area contributed by atoms with Gasteiger partial charge in [-0.15, -0.1) is 0 Å². The highest BCUT2D eigenvalue weighted by atomic mass is 15.3. The molecule has 18 heavy (non-hydrogen) atoms. The molecule has 5 nitrogen and oxygen atoms in total. The lowest BCUT2D eigenvalue weighted by atomic mass is 10.1. The first kappa shape index (κ1) is 10.5. The number of nitrogens with two attached hydrogens (primary N) is 1. The van der Waals surface area contributed by atoms with E-state index in [-0.39, 0.29) is 0 Å². The van der Waals surface area contributed by atoms with Crippen molar-refractivity contribution in [3.05, 3.63) is 55.1 Å². The Labute approximate surface area is 104 Å². The monoisotopic (exact) mass is 237 g/mol. The third-order valence-electron chi connectivity index (χ3n) is 2.60. The summed E-state index contributed by atoms with van der Waals surface area (Å²) in [6.07, 6.45) is 6.87. The maximum Gasteiger partial charge on any atom is 0.141 e. The van der Waals surface area contributed by atoms with Gasteiger partial charge in [0.2, 0.25) is 0 Å². The van der Waals surface area contributed by atoms with Gasteiger partial charge in [0.1, 0.15) is 5.82 Å². The van der Waals surface area contributed by atoms with Crippen molar-refractivity contribution in [2.45, 2.75) is 0 Å². The fraction of sp³-hybridized carbons (Fsp3) is 0. The molecule has 0 aliphatic rings.